The van der Waals surface area contributed by atoms with Crippen LogP contribution in [0.2, 0.25) is 0 Å². The Kier molecular flexibility index (Phi) is 4.46. The van der Waals surface area contributed by atoms with E-state index in [1.54, 1.807) is 0 Å². The molecule has 1 aliphatic rings. The van der Waals surface area contributed by atoms with E-state index in [-0.39, 0.29) is 18.8 Å². The number of carbonyl (C=O) groups is 3. The third-order valence-corrected chi connectivity index (χ3v) is 2.65. The second-order valence-electron chi connectivity index (χ2n) is 3.89. The molecule has 1 heterocycles. The summed E-state index contributed by atoms with van der Waals surface area (Å²) in [7, 11) is 0. The highest BCUT2D eigenvalue weighted by Gasteiger charge is 2.34. The first-order valence-electron chi connectivity index (χ1n) is 5.67. The SMILES string of the molecule is CCCC(CC)C(=O)ON1C(=O)CCC1=O. The van der Waals surface area contributed by atoms with Gasteiger partial charge in [0.15, 0.2) is 0 Å². The molecule has 0 saturated carbocycles. The number of carbonyl (C=O) groups excluding carboxylic acids is 3. The number of hydroxylamine groups is 2. The van der Waals surface area contributed by atoms with E-state index >= 15 is 0 Å². The Morgan fingerprint density at radius 1 is 1.31 bits per heavy atom. The average molecular weight is 227 g/mol. The topological polar surface area (TPSA) is 63.7 Å². The van der Waals surface area contributed by atoms with Crippen LogP contribution in [0.25, 0.3) is 0 Å². The summed E-state index contributed by atoms with van der Waals surface area (Å²) in [4.78, 5) is 38.9. The van der Waals surface area contributed by atoms with Crippen molar-refractivity contribution >= 4 is 17.8 Å². The molecule has 1 saturated heterocycles. The number of hydrogen-bond acceptors (Lipinski definition) is 4. The van der Waals surface area contributed by atoms with Gasteiger partial charge in [-0.15, -0.1) is 5.06 Å². The van der Waals surface area contributed by atoms with Gasteiger partial charge in [0.25, 0.3) is 11.8 Å². The van der Waals surface area contributed by atoms with Crippen LogP contribution in [0.4, 0.5) is 0 Å². The second-order valence-corrected chi connectivity index (χ2v) is 3.89. The van der Waals surface area contributed by atoms with Crippen LogP contribution in [-0.4, -0.2) is 22.8 Å². The van der Waals surface area contributed by atoms with Gasteiger partial charge in [0.05, 0.1) is 5.92 Å². The minimum absolute atomic E-state index is 0.136. The lowest BCUT2D eigenvalue weighted by Gasteiger charge is -2.17. The highest BCUT2D eigenvalue weighted by Crippen LogP contribution is 2.17. The van der Waals surface area contributed by atoms with Gasteiger partial charge in [-0.1, -0.05) is 20.3 Å². The summed E-state index contributed by atoms with van der Waals surface area (Å²) in [5.41, 5.74) is 0. The Balaban J connectivity index is 2.55. The Morgan fingerprint density at radius 2 is 1.88 bits per heavy atom. The van der Waals surface area contributed by atoms with Crippen LogP contribution in [-0.2, 0) is 19.2 Å². The fraction of sp³-hybridized carbons (Fsp3) is 0.727. The van der Waals surface area contributed by atoms with Gasteiger partial charge < -0.3 is 4.84 Å². The summed E-state index contributed by atoms with van der Waals surface area (Å²) in [6, 6.07) is 0. The highest BCUT2D eigenvalue weighted by atomic mass is 16.7. The standard InChI is InChI=1S/C11H17NO4/c1-3-5-8(4-2)11(15)16-12-9(13)6-7-10(12)14/h8H,3-7H2,1-2H3. The maximum atomic E-state index is 11.6. The van der Waals surface area contributed by atoms with Crippen LogP contribution in [0, 0.1) is 5.92 Å². The van der Waals surface area contributed by atoms with Gasteiger partial charge in [-0.05, 0) is 12.8 Å². The highest BCUT2D eigenvalue weighted by molar-refractivity contribution is 6.01. The zero-order valence-electron chi connectivity index (χ0n) is 9.69. The molecule has 0 aromatic heterocycles. The van der Waals surface area contributed by atoms with Crippen molar-refractivity contribution in [1.29, 1.82) is 0 Å². The van der Waals surface area contributed by atoms with Crippen LogP contribution in [0.15, 0.2) is 0 Å². The molecule has 0 radical (unpaired) electrons. The summed E-state index contributed by atoms with van der Waals surface area (Å²) in [6.45, 7) is 3.86. The van der Waals surface area contributed by atoms with Gasteiger partial charge in [0, 0.05) is 12.8 Å². The van der Waals surface area contributed by atoms with Gasteiger partial charge in [0.1, 0.15) is 0 Å². The lowest BCUT2D eigenvalue weighted by Crippen LogP contribution is -2.34. The predicted molar refractivity (Wildman–Crippen MR) is 55.9 cm³/mol. The molecule has 0 spiro atoms. The average Bonchev–Trinajstić information content (AvgIpc) is 2.57. The molecule has 1 rings (SSSR count). The van der Waals surface area contributed by atoms with E-state index < -0.39 is 17.8 Å². The Morgan fingerprint density at radius 3 is 2.31 bits per heavy atom. The van der Waals surface area contributed by atoms with Crippen molar-refractivity contribution in [1.82, 2.24) is 5.06 Å². The lowest BCUT2D eigenvalue weighted by atomic mass is 10.0. The Labute approximate surface area is 94.7 Å². The molecule has 0 aromatic carbocycles. The summed E-state index contributed by atoms with van der Waals surface area (Å²) >= 11 is 0. The van der Waals surface area contributed by atoms with Crippen molar-refractivity contribution in [3.05, 3.63) is 0 Å². The fourth-order valence-electron chi connectivity index (χ4n) is 1.66. The van der Waals surface area contributed by atoms with Gasteiger partial charge in [-0.2, -0.15) is 0 Å². The molecule has 90 valence electrons. The van der Waals surface area contributed by atoms with E-state index in [2.05, 4.69) is 0 Å². The molecular weight excluding hydrogens is 210 g/mol. The normalized spacial score (nSPS) is 17.8. The molecule has 1 aliphatic heterocycles. The molecule has 5 nitrogen and oxygen atoms in total. The van der Waals surface area contributed by atoms with Gasteiger partial charge in [0.2, 0.25) is 0 Å². The van der Waals surface area contributed by atoms with Gasteiger partial charge >= 0.3 is 5.97 Å². The van der Waals surface area contributed by atoms with Crippen molar-refractivity contribution in [2.45, 2.75) is 46.0 Å². The Hall–Kier alpha value is -1.39. The van der Waals surface area contributed by atoms with Crippen molar-refractivity contribution in [3.63, 3.8) is 0 Å². The van der Waals surface area contributed by atoms with E-state index in [1.807, 2.05) is 13.8 Å². The predicted octanol–water partition coefficient (Wildman–Crippen LogP) is 1.42. The summed E-state index contributed by atoms with van der Waals surface area (Å²) in [6.07, 6.45) is 2.51. The lowest BCUT2D eigenvalue weighted by molar-refractivity contribution is -0.200. The van der Waals surface area contributed by atoms with Crippen molar-refractivity contribution in [3.8, 4) is 0 Å². The number of hydrogen-bond donors (Lipinski definition) is 0. The van der Waals surface area contributed by atoms with E-state index in [0.717, 1.165) is 6.42 Å². The largest absolute Gasteiger partial charge is 0.336 e. The number of amides is 2. The monoisotopic (exact) mass is 227 g/mol. The number of rotatable bonds is 5. The summed E-state index contributed by atoms with van der Waals surface area (Å²) < 4.78 is 0. The van der Waals surface area contributed by atoms with Crippen molar-refractivity contribution in [2.24, 2.45) is 5.92 Å². The number of imide groups is 1. The molecular formula is C11H17NO4. The van der Waals surface area contributed by atoms with Crippen LogP contribution in [0.3, 0.4) is 0 Å². The number of nitrogens with zero attached hydrogens (tertiary/aromatic N) is 1. The summed E-state index contributed by atoms with van der Waals surface area (Å²) in [5, 5.41) is 0.612. The quantitative estimate of drug-likeness (QED) is 0.666. The molecule has 1 fully saturated rings. The van der Waals surface area contributed by atoms with E-state index in [4.69, 9.17) is 4.84 Å². The van der Waals surface area contributed by atoms with E-state index in [1.165, 1.54) is 0 Å². The van der Waals surface area contributed by atoms with E-state index in [9.17, 15) is 14.4 Å². The molecule has 0 N–H and O–H groups in total. The Bertz CT molecular complexity index is 284. The van der Waals surface area contributed by atoms with Crippen molar-refractivity contribution < 1.29 is 19.2 Å². The zero-order chi connectivity index (χ0) is 12.1. The maximum Gasteiger partial charge on any atom is 0.336 e. The molecule has 0 aliphatic carbocycles. The van der Waals surface area contributed by atoms with Gasteiger partial charge in [-0.25, -0.2) is 4.79 Å². The zero-order valence-corrected chi connectivity index (χ0v) is 9.69. The van der Waals surface area contributed by atoms with Crippen LogP contribution in [0.1, 0.15) is 46.0 Å². The molecule has 5 heteroatoms. The smallest absolute Gasteiger partial charge is 0.330 e. The molecule has 16 heavy (non-hydrogen) atoms. The fourth-order valence-corrected chi connectivity index (χ4v) is 1.66. The first-order valence-corrected chi connectivity index (χ1v) is 5.67. The minimum atomic E-state index is -0.479. The maximum absolute atomic E-state index is 11.6. The third kappa shape index (κ3) is 2.81. The van der Waals surface area contributed by atoms with Crippen LogP contribution >= 0.6 is 0 Å². The first kappa shape index (κ1) is 12.7. The molecule has 2 amide bonds. The van der Waals surface area contributed by atoms with Gasteiger partial charge in [-0.3, -0.25) is 9.59 Å². The molecule has 0 aromatic rings. The van der Waals surface area contributed by atoms with Crippen molar-refractivity contribution in [2.75, 3.05) is 0 Å². The third-order valence-electron chi connectivity index (χ3n) is 2.65. The molecule has 1 unspecified atom stereocenters. The first-order chi connectivity index (χ1) is 7.60. The molecule has 0 bridgehead atoms. The van der Waals surface area contributed by atoms with E-state index in [0.29, 0.717) is 17.9 Å². The summed E-state index contributed by atoms with van der Waals surface area (Å²) in [5.74, 6) is -1.56. The van der Waals surface area contributed by atoms with Crippen LogP contribution in [0.5, 0.6) is 0 Å². The molecule has 1 atom stereocenters. The minimum Gasteiger partial charge on any atom is -0.330 e. The second kappa shape index (κ2) is 5.63. The van der Waals surface area contributed by atoms with Crippen LogP contribution < -0.4 is 0 Å².